The molecule has 0 amide bonds. The number of aromatic hydroxyl groups is 1. The lowest BCUT2D eigenvalue weighted by Crippen LogP contribution is -2.33. The second-order valence-corrected chi connectivity index (χ2v) is 4.65. The van der Waals surface area contributed by atoms with E-state index in [0.717, 1.165) is 30.6 Å². The zero-order chi connectivity index (χ0) is 13.5. The Morgan fingerprint density at radius 2 is 2.05 bits per heavy atom. The molecule has 0 saturated carbocycles. The van der Waals surface area contributed by atoms with Crippen LogP contribution in [0.15, 0.2) is 48.7 Å². The number of hydrogen-bond donors (Lipinski definition) is 2. The van der Waals surface area contributed by atoms with Crippen molar-refractivity contribution < 1.29 is 5.11 Å². The Kier molecular flexibility index (Phi) is 4.93. The van der Waals surface area contributed by atoms with Crippen molar-refractivity contribution in [2.45, 2.75) is 25.8 Å². The third kappa shape index (κ3) is 4.38. The van der Waals surface area contributed by atoms with E-state index in [9.17, 15) is 5.11 Å². The molecule has 1 heterocycles. The molecule has 0 saturated heterocycles. The van der Waals surface area contributed by atoms with Crippen LogP contribution in [-0.2, 0) is 12.8 Å². The third-order valence-electron chi connectivity index (χ3n) is 3.07. The molecule has 3 nitrogen and oxygen atoms in total. The number of rotatable bonds is 6. The highest BCUT2D eigenvalue weighted by atomic mass is 16.3. The molecule has 0 aliphatic carbocycles. The van der Waals surface area contributed by atoms with Gasteiger partial charge in [0.15, 0.2) is 0 Å². The van der Waals surface area contributed by atoms with Crippen molar-refractivity contribution in [1.82, 2.24) is 10.3 Å². The molecular formula is C16H20N2O. The number of nitrogens with zero attached hydrogens (tertiary/aromatic N) is 1. The van der Waals surface area contributed by atoms with Crippen molar-refractivity contribution in [1.29, 1.82) is 0 Å². The Hall–Kier alpha value is -1.87. The lowest BCUT2D eigenvalue weighted by Gasteiger charge is -2.17. The van der Waals surface area contributed by atoms with Crippen LogP contribution in [0.5, 0.6) is 5.75 Å². The fourth-order valence-corrected chi connectivity index (χ4v) is 2.24. The molecule has 0 spiro atoms. The molecule has 100 valence electrons. The van der Waals surface area contributed by atoms with Crippen molar-refractivity contribution in [2.24, 2.45) is 0 Å². The lowest BCUT2D eigenvalue weighted by molar-refractivity contribution is 0.472. The van der Waals surface area contributed by atoms with Gasteiger partial charge in [-0.3, -0.25) is 4.98 Å². The van der Waals surface area contributed by atoms with Crippen LogP contribution in [0.4, 0.5) is 0 Å². The first kappa shape index (κ1) is 13.6. The van der Waals surface area contributed by atoms with Crippen molar-refractivity contribution in [3.63, 3.8) is 0 Å². The quantitative estimate of drug-likeness (QED) is 0.835. The highest BCUT2D eigenvalue weighted by Gasteiger charge is 2.10. The Labute approximate surface area is 114 Å². The standard InChI is InChI=1S/C16H20N2O/c1-2-17-15(12-14-7-3-4-9-18-14)10-13-6-5-8-16(19)11-13/h3-9,11,15,17,19H,2,10,12H2,1H3. The highest BCUT2D eigenvalue weighted by Crippen LogP contribution is 2.14. The smallest absolute Gasteiger partial charge is 0.115 e. The minimum Gasteiger partial charge on any atom is -0.508 e. The molecule has 1 unspecified atom stereocenters. The first-order valence-corrected chi connectivity index (χ1v) is 6.69. The van der Waals surface area contributed by atoms with E-state index in [1.807, 2.05) is 42.6 Å². The van der Waals surface area contributed by atoms with Gasteiger partial charge >= 0.3 is 0 Å². The van der Waals surface area contributed by atoms with Crippen molar-refractivity contribution in [3.8, 4) is 5.75 Å². The van der Waals surface area contributed by atoms with E-state index in [4.69, 9.17) is 0 Å². The van der Waals surface area contributed by atoms with Crippen LogP contribution in [0.25, 0.3) is 0 Å². The number of aromatic nitrogens is 1. The van der Waals surface area contributed by atoms with E-state index in [-0.39, 0.29) is 0 Å². The first-order valence-electron chi connectivity index (χ1n) is 6.69. The van der Waals surface area contributed by atoms with Crippen molar-refractivity contribution >= 4 is 0 Å². The van der Waals surface area contributed by atoms with E-state index in [1.165, 1.54) is 0 Å². The second kappa shape index (κ2) is 6.90. The molecule has 0 bridgehead atoms. The minimum absolute atomic E-state index is 0.325. The largest absolute Gasteiger partial charge is 0.508 e. The maximum Gasteiger partial charge on any atom is 0.115 e. The fraction of sp³-hybridized carbons (Fsp3) is 0.312. The number of phenols is 1. The Balaban J connectivity index is 2.04. The molecule has 0 aliphatic rings. The number of hydrogen-bond acceptors (Lipinski definition) is 3. The summed E-state index contributed by atoms with van der Waals surface area (Å²) in [5.41, 5.74) is 2.23. The summed E-state index contributed by atoms with van der Waals surface area (Å²) in [5, 5.41) is 13.0. The summed E-state index contributed by atoms with van der Waals surface area (Å²) in [4.78, 5) is 4.37. The maximum atomic E-state index is 9.51. The summed E-state index contributed by atoms with van der Waals surface area (Å²) in [6.07, 6.45) is 3.61. The van der Waals surface area contributed by atoms with Gasteiger partial charge in [-0.15, -0.1) is 0 Å². The minimum atomic E-state index is 0.325. The van der Waals surface area contributed by atoms with E-state index >= 15 is 0 Å². The van der Waals surface area contributed by atoms with Gasteiger partial charge in [-0.1, -0.05) is 25.1 Å². The van der Waals surface area contributed by atoms with Gasteiger partial charge in [-0.25, -0.2) is 0 Å². The van der Waals surface area contributed by atoms with E-state index in [0.29, 0.717) is 11.8 Å². The highest BCUT2D eigenvalue weighted by molar-refractivity contribution is 5.28. The summed E-state index contributed by atoms with van der Waals surface area (Å²) in [6.45, 7) is 3.03. The predicted molar refractivity (Wildman–Crippen MR) is 77.2 cm³/mol. The average molecular weight is 256 g/mol. The SMILES string of the molecule is CCNC(Cc1cccc(O)c1)Cc1ccccn1. The predicted octanol–water partition coefficient (Wildman–Crippen LogP) is 2.55. The van der Waals surface area contributed by atoms with E-state index < -0.39 is 0 Å². The van der Waals surface area contributed by atoms with Gasteiger partial charge in [-0.2, -0.15) is 0 Å². The van der Waals surface area contributed by atoms with Gasteiger partial charge in [0.2, 0.25) is 0 Å². The van der Waals surface area contributed by atoms with Gasteiger partial charge < -0.3 is 10.4 Å². The molecule has 0 radical (unpaired) electrons. The second-order valence-electron chi connectivity index (χ2n) is 4.65. The Morgan fingerprint density at radius 3 is 2.74 bits per heavy atom. The van der Waals surface area contributed by atoms with E-state index in [2.05, 4.69) is 17.2 Å². The first-order chi connectivity index (χ1) is 9.28. The monoisotopic (exact) mass is 256 g/mol. The Morgan fingerprint density at radius 1 is 1.16 bits per heavy atom. The lowest BCUT2D eigenvalue weighted by atomic mass is 10.0. The van der Waals surface area contributed by atoms with Gasteiger partial charge in [0.05, 0.1) is 0 Å². The van der Waals surface area contributed by atoms with Gasteiger partial charge in [-0.05, 0) is 42.8 Å². The van der Waals surface area contributed by atoms with Gasteiger partial charge in [0, 0.05) is 24.4 Å². The fourth-order valence-electron chi connectivity index (χ4n) is 2.24. The van der Waals surface area contributed by atoms with E-state index in [1.54, 1.807) is 6.07 Å². The zero-order valence-corrected chi connectivity index (χ0v) is 11.2. The summed E-state index contributed by atoms with van der Waals surface area (Å²) in [6, 6.07) is 13.8. The van der Waals surface area contributed by atoms with Crippen LogP contribution < -0.4 is 5.32 Å². The molecule has 1 aromatic carbocycles. The van der Waals surface area contributed by atoms with Gasteiger partial charge in [0.25, 0.3) is 0 Å². The normalized spacial score (nSPS) is 12.3. The number of benzene rings is 1. The number of pyridine rings is 1. The molecule has 3 heteroatoms. The summed E-state index contributed by atoms with van der Waals surface area (Å²) < 4.78 is 0. The molecule has 2 rings (SSSR count). The molecule has 0 fully saturated rings. The van der Waals surface area contributed by atoms with Crippen LogP contribution in [0.2, 0.25) is 0 Å². The van der Waals surface area contributed by atoms with Crippen LogP contribution >= 0.6 is 0 Å². The Bertz CT molecular complexity index is 499. The summed E-state index contributed by atoms with van der Waals surface area (Å²) in [5.74, 6) is 0.325. The summed E-state index contributed by atoms with van der Waals surface area (Å²) >= 11 is 0. The molecular weight excluding hydrogens is 236 g/mol. The number of nitrogens with one attached hydrogen (secondary N) is 1. The molecule has 1 aromatic heterocycles. The van der Waals surface area contributed by atoms with Crippen LogP contribution in [0, 0.1) is 0 Å². The average Bonchev–Trinajstić information content (AvgIpc) is 2.40. The molecule has 19 heavy (non-hydrogen) atoms. The van der Waals surface area contributed by atoms with Gasteiger partial charge in [0.1, 0.15) is 5.75 Å². The topological polar surface area (TPSA) is 45.1 Å². The van der Waals surface area contributed by atoms with Crippen LogP contribution in [0.3, 0.4) is 0 Å². The van der Waals surface area contributed by atoms with Crippen LogP contribution in [-0.4, -0.2) is 22.7 Å². The molecule has 2 N–H and O–H groups in total. The van der Waals surface area contributed by atoms with Crippen molar-refractivity contribution in [3.05, 3.63) is 59.9 Å². The van der Waals surface area contributed by atoms with Crippen molar-refractivity contribution in [2.75, 3.05) is 6.54 Å². The summed E-state index contributed by atoms with van der Waals surface area (Å²) in [7, 11) is 0. The molecule has 2 aromatic rings. The number of phenolic OH excluding ortho intramolecular Hbond substituents is 1. The molecule has 0 aliphatic heterocycles. The maximum absolute atomic E-state index is 9.51. The van der Waals surface area contributed by atoms with Crippen LogP contribution in [0.1, 0.15) is 18.2 Å². The third-order valence-corrected chi connectivity index (χ3v) is 3.07. The zero-order valence-electron chi connectivity index (χ0n) is 11.2. The number of likely N-dealkylation sites (N-methyl/N-ethyl adjacent to an activating group) is 1. The molecule has 1 atom stereocenters.